The fraction of sp³-hybridized carbons (Fsp3) is 0. The predicted molar refractivity (Wildman–Crippen MR) is 212 cm³/mol. The molecule has 11 rings (SSSR count). The molecule has 2 aromatic heterocycles. The summed E-state index contributed by atoms with van der Waals surface area (Å²) in [7, 11) is 0. The second kappa shape index (κ2) is 10.8. The van der Waals surface area contributed by atoms with E-state index in [0.29, 0.717) is 0 Å². The van der Waals surface area contributed by atoms with E-state index in [1.165, 1.54) is 60.3 Å². The van der Waals surface area contributed by atoms with E-state index in [2.05, 4.69) is 191 Å². The Kier molecular flexibility index (Phi) is 5.96. The summed E-state index contributed by atoms with van der Waals surface area (Å²) >= 11 is 0. The Bertz CT molecular complexity index is 2890. The first kappa shape index (κ1) is 28.0. The second-order valence-corrected chi connectivity index (χ2v) is 13.4. The smallest absolute Gasteiger partial charge is 0.152 e. The van der Waals surface area contributed by atoms with Crippen LogP contribution in [0.15, 0.2) is 182 Å². The van der Waals surface area contributed by atoms with Crippen LogP contribution in [0.25, 0.3) is 88.4 Å². The van der Waals surface area contributed by atoms with E-state index in [-0.39, 0.29) is 0 Å². The lowest BCUT2D eigenvalue weighted by Gasteiger charge is -2.22. The number of ether oxygens (including phenoxy) is 1. The third-order valence-electron chi connectivity index (χ3n) is 10.5. The molecule has 51 heavy (non-hydrogen) atoms. The quantitative estimate of drug-likeness (QED) is 0.185. The third kappa shape index (κ3) is 4.25. The molecule has 0 bridgehead atoms. The zero-order valence-electron chi connectivity index (χ0n) is 27.6. The van der Waals surface area contributed by atoms with E-state index < -0.39 is 0 Å². The molecule has 3 nitrogen and oxygen atoms in total. The highest BCUT2D eigenvalue weighted by Gasteiger charge is 2.24. The molecule has 1 aliphatic heterocycles. The summed E-state index contributed by atoms with van der Waals surface area (Å²) in [5.41, 5.74) is 14.0. The number of aromatic nitrogens is 2. The number of benzene rings is 8. The van der Waals surface area contributed by atoms with Gasteiger partial charge < -0.3 is 13.9 Å². The van der Waals surface area contributed by atoms with Crippen LogP contribution >= 0.6 is 0 Å². The van der Waals surface area contributed by atoms with Crippen LogP contribution in [-0.2, 0) is 0 Å². The highest BCUT2D eigenvalue weighted by Crippen LogP contribution is 2.46. The number of rotatable bonds is 4. The summed E-state index contributed by atoms with van der Waals surface area (Å²) in [6, 6.07) is 65.5. The van der Waals surface area contributed by atoms with Crippen molar-refractivity contribution in [1.29, 1.82) is 0 Å². The first-order valence-corrected chi connectivity index (χ1v) is 17.4. The van der Waals surface area contributed by atoms with Crippen molar-refractivity contribution in [2.24, 2.45) is 0 Å². The van der Waals surface area contributed by atoms with Crippen LogP contribution in [0.5, 0.6) is 11.5 Å². The molecule has 0 atom stereocenters. The average Bonchev–Trinajstić information content (AvgIpc) is 3.72. The van der Waals surface area contributed by atoms with E-state index in [4.69, 9.17) is 4.74 Å². The summed E-state index contributed by atoms with van der Waals surface area (Å²) < 4.78 is 11.3. The van der Waals surface area contributed by atoms with Crippen molar-refractivity contribution >= 4 is 43.6 Å². The van der Waals surface area contributed by atoms with Gasteiger partial charge in [-0.25, -0.2) is 0 Å². The van der Waals surface area contributed by atoms with Crippen LogP contribution in [0, 0.1) is 0 Å². The summed E-state index contributed by atoms with van der Waals surface area (Å²) in [5.74, 6) is 1.75. The maximum absolute atomic E-state index is 6.51. The molecule has 3 heteroatoms. The minimum absolute atomic E-state index is 0.863. The van der Waals surface area contributed by atoms with Crippen molar-refractivity contribution in [2.75, 3.05) is 0 Å². The molecule has 10 aromatic rings. The largest absolute Gasteiger partial charge is 0.453 e. The molecular formula is C48H30N2O. The predicted octanol–water partition coefficient (Wildman–Crippen LogP) is 13.0. The van der Waals surface area contributed by atoms with Gasteiger partial charge >= 0.3 is 0 Å². The normalized spacial score (nSPS) is 12.1. The lowest BCUT2D eigenvalue weighted by atomic mass is 10.0. The van der Waals surface area contributed by atoms with E-state index >= 15 is 0 Å². The van der Waals surface area contributed by atoms with Gasteiger partial charge in [-0.05, 0) is 94.0 Å². The number of fused-ring (bicyclic) bond motifs is 8. The Morgan fingerprint density at radius 1 is 0.314 bits per heavy atom. The molecular weight excluding hydrogens is 621 g/mol. The van der Waals surface area contributed by atoms with Gasteiger partial charge in [-0.15, -0.1) is 0 Å². The molecule has 0 aliphatic carbocycles. The molecule has 0 saturated heterocycles. The number of nitrogens with zero attached hydrogens (tertiary/aromatic N) is 2. The molecule has 0 spiro atoms. The molecule has 0 radical (unpaired) electrons. The van der Waals surface area contributed by atoms with E-state index in [1.54, 1.807) is 0 Å². The molecule has 8 aromatic carbocycles. The zero-order chi connectivity index (χ0) is 33.5. The molecule has 1 aliphatic rings. The highest BCUT2D eigenvalue weighted by atomic mass is 16.5. The third-order valence-corrected chi connectivity index (χ3v) is 10.5. The highest BCUT2D eigenvalue weighted by molar-refractivity contribution is 6.13. The topological polar surface area (TPSA) is 19.1 Å². The van der Waals surface area contributed by atoms with Gasteiger partial charge in [0.05, 0.1) is 27.8 Å². The van der Waals surface area contributed by atoms with E-state index in [0.717, 1.165) is 39.5 Å². The minimum atomic E-state index is 0.863. The first-order chi connectivity index (χ1) is 25.3. The lowest BCUT2D eigenvalue weighted by Crippen LogP contribution is -2.04. The molecule has 0 amide bonds. The second-order valence-electron chi connectivity index (χ2n) is 13.4. The Hall–Kier alpha value is -6.84. The first-order valence-electron chi connectivity index (χ1n) is 17.4. The van der Waals surface area contributed by atoms with E-state index in [1.807, 2.05) is 0 Å². The summed E-state index contributed by atoms with van der Waals surface area (Å²) in [5, 5.41) is 4.92. The average molecular weight is 651 g/mol. The van der Waals surface area contributed by atoms with Gasteiger partial charge in [-0.2, -0.15) is 0 Å². The molecule has 0 unspecified atom stereocenters. The fourth-order valence-corrected chi connectivity index (χ4v) is 8.14. The van der Waals surface area contributed by atoms with Crippen LogP contribution in [-0.4, -0.2) is 9.13 Å². The maximum atomic E-state index is 6.51. The molecule has 3 heterocycles. The van der Waals surface area contributed by atoms with Gasteiger partial charge in [0.1, 0.15) is 0 Å². The number of para-hydroxylation sites is 2. The Balaban J connectivity index is 1.10. The summed E-state index contributed by atoms with van der Waals surface area (Å²) in [4.78, 5) is 0. The number of hydrogen-bond acceptors (Lipinski definition) is 1. The van der Waals surface area contributed by atoms with Crippen molar-refractivity contribution in [3.8, 4) is 56.3 Å². The van der Waals surface area contributed by atoms with E-state index in [9.17, 15) is 0 Å². The van der Waals surface area contributed by atoms with Crippen molar-refractivity contribution in [1.82, 2.24) is 9.13 Å². The van der Waals surface area contributed by atoms with Crippen molar-refractivity contribution in [2.45, 2.75) is 0 Å². The molecule has 0 fully saturated rings. The maximum Gasteiger partial charge on any atom is 0.152 e. The van der Waals surface area contributed by atoms with Crippen LogP contribution in [0.3, 0.4) is 0 Å². The zero-order valence-corrected chi connectivity index (χ0v) is 27.6. The van der Waals surface area contributed by atoms with Crippen molar-refractivity contribution in [3.05, 3.63) is 182 Å². The van der Waals surface area contributed by atoms with Gasteiger partial charge in [-0.1, -0.05) is 121 Å². The van der Waals surface area contributed by atoms with Gasteiger partial charge in [0, 0.05) is 27.2 Å². The molecule has 0 saturated carbocycles. The molecule has 0 N–H and O–H groups in total. The van der Waals surface area contributed by atoms with Gasteiger partial charge in [0.25, 0.3) is 0 Å². The summed E-state index contributed by atoms with van der Waals surface area (Å²) in [6.45, 7) is 0. The van der Waals surface area contributed by atoms with Crippen LogP contribution < -0.4 is 4.74 Å². The van der Waals surface area contributed by atoms with Gasteiger partial charge in [0.15, 0.2) is 11.5 Å². The fourth-order valence-electron chi connectivity index (χ4n) is 8.14. The van der Waals surface area contributed by atoms with Crippen LogP contribution in [0.4, 0.5) is 0 Å². The van der Waals surface area contributed by atoms with Crippen molar-refractivity contribution in [3.63, 3.8) is 0 Å². The van der Waals surface area contributed by atoms with Crippen molar-refractivity contribution < 1.29 is 4.74 Å². The SMILES string of the molecule is c1ccc(-c2ccc3c(c2)c2cc(-c4ccccc4)ccc2n3-c2cccc(-c3ccc4c(c3)-n3c5ccccc5c5cccc(c53)O4)c2)cc1. The Morgan fingerprint density at radius 3 is 1.59 bits per heavy atom. The standard InChI is InChI=1S/C48H30N2O/c1-3-11-31(12-4-1)34-21-24-43-40(28-34)41-29-35(32-13-5-2-6-14-32)22-25-44(41)49(43)37-16-9-15-33(27-37)36-23-26-46-45(30-36)50-42-19-8-7-17-38(42)39-18-10-20-47(51-46)48(39)50/h1-30H. The van der Waals surface area contributed by atoms with Crippen LogP contribution in [0.2, 0.25) is 0 Å². The van der Waals surface area contributed by atoms with Crippen LogP contribution in [0.1, 0.15) is 0 Å². The monoisotopic (exact) mass is 650 g/mol. The minimum Gasteiger partial charge on any atom is -0.453 e. The van der Waals surface area contributed by atoms with Gasteiger partial charge in [-0.3, -0.25) is 0 Å². The lowest BCUT2D eigenvalue weighted by molar-refractivity contribution is 0.476. The molecule has 238 valence electrons. The number of hydrogen-bond donors (Lipinski definition) is 0. The summed E-state index contributed by atoms with van der Waals surface area (Å²) in [6.07, 6.45) is 0. The van der Waals surface area contributed by atoms with Gasteiger partial charge in [0.2, 0.25) is 0 Å². The Morgan fingerprint density at radius 2 is 0.863 bits per heavy atom. The Labute approximate surface area is 294 Å².